The Bertz CT molecular complexity index is 792. The van der Waals surface area contributed by atoms with Gasteiger partial charge in [0.1, 0.15) is 11.6 Å². The number of carbonyl (C=O) groups is 1. The molecule has 5 nitrogen and oxygen atoms in total. The number of alkyl halides is 1. The van der Waals surface area contributed by atoms with Crippen molar-refractivity contribution in [1.29, 1.82) is 5.26 Å². The lowest BCUT2D eigenvalue weighted by Crippen LogP contribution is -2.13. The topological polar surface area (TPSA) is 70.7 Å². The molecule has 0 aliphatic heterocycles. The fraction of sp³-hybridized carbons (Fsp3) is 0.133. The molecule has 2 rings (SSSR count). The lowest BCUT2D eigenvalue weighted by atomic mass is 10.2. The highest BCUT2D eigenvalue weighted by atomic mass is 35.5. The molecule has 0 spiro atoms. The average molecular weight is 370 g/mol. The molecular weight excluding hydrogens is 359 g/mol. The molecule has 0 fully saturated rings. The summed E-state index contributed by atoms with van der Waals surface area (Å²) in [4.78, 5) is 12.2. The molecule has 0 radical (unpaired) electrons. The van der Waals surface area contributed by atoms with Gasteiger partial charge in [0.05, 0.1) is 28.5 Å². The van der Waals surface area contributed by atoms with E-state index in [2.05, 4.69) is 10.4 Å². The van der Waals surface area contributed by atoms with E-state index in [1.54, 1.807) is 35.3 Å². The van der Waals surface area contributed by atoms with Crippen molar-refractivity contribution < 1.29 is 4.79 Å². The molecule has 118 valence electrons. The third-order valence-electron chi connectivity index (χ3n) is 2.84. The minimum atomic E-state index is -0.582. The molecule has 1 amide bonds. The van der Waals surface area contributed by atoms with E-state index in [0.29, 0.717) is 28.7 Å². The van der Waals surface area contributed by atoms with Crippen LogP contribution in [0.5, 0.6) is 0 Å². The normalized spacial score (nSPS) is 11.1. The predicted molar refractivity (Wildman–Crippen MR) is 91.6 cm³/mol. The summed E-state index contributed by atoms with van der Waals surface area (Å²) in [7, 11) is 0. The number of aromatic nitrogens is 2. The van der Waals surface area contributed by atoms with Crippen molar-refractivity contribution in [2.45, 2.75) is 6.54 Å². The molecule has 23 heavy (non-hydrogen) atoms. The SMILES string of the molecule is N#C/C(=C/c1cnn(CCCl)c1)C(=O)Nc1cccc(Cl)c1Cl. The maximum atomic E-state index is 12.2. The monoisotopic (exact) mass is 368 g/mol. The van der Waals surface area contributed by atoms with E-state index in [0.717, 1.165) is 0 Å². The van der Waals surface area contributed by atoms with Crippen LogP contribution in [0.3, 0.4) is 0 Å². The van der Waals surface area contributed by atoms with Crippen molar-refractivity contribution in [2.75, 3.05) is 11.2 Å². The first-order chi connectivity index (χ1) is 11.0. The molecule has 1 aromatic carbocycles. The molecule has 1 aromatic heterocycles. The number of halogens is 3. The van der Waals surface area contributed by atoms with Crippen molar-refractivity contribution in [3.63, 3.8) is 0 Å². The molecule has 0 saturated carbocycles. The predicted octanol–water partition coefficient (Wildman–Crippen LogP) is 3.97. The second kappa shape index (κ2) is 8.02. The smallest absolute Gasteiger partial charge is 0.266 e. The summed E-state index contributed by atoms with van der Waals surface area (Å²) in [6.07, 6.45) is 4.68. The quantitative estimate of drug-likeness (QED) is 0.492. The Hall–Kier alpha value is -2.00. The van der Waals surface area contributed by atoms with Crippen LogP contribution in [0.15, 0.2) is 36.2 Å². The Kier molecular flexibility index (Phi) is 6.05. The molecule has 0 aliphatic carbocycles. The number of nitrogens with one attached hydrogen (secondary N) is 1. The Balaban J connectivity index is 2.19. The summed E-state index contributed by atoms with van der Waals surface area (Å²) in [5.41, 5.74) is 0.883. The van der Waals surface area contributed by atoms with Crippen LogP contribution in [0.4, 0.5) is 5.69 Å². The summed E-state index contributed by atoms with van der Waals surface area (Å²) >= 11 is 17.5. The maximum absolute atomic E-state index is 12.2. The van der Waals surface area contributed by atoms with E-state index in [9.17, 15) is 10.1 Å². The van der Waals surface area contributed by atoms with Gasteiger partial charge in [0, 0.05) is 17.6 Å². The van der Waals surface area contributed by atoms with Gasteiger partial charge in [-0.1, -0.05) is 29.3 Å². The van der Waals surface area contributed by atoms with Crippen molar-refractivity contribution >= 4 is 52.5 Å². The third-order valence-corrected chi connectivity index (χ3v) is 3.83. The van der Waals surface area contributed by atoms with E-state index in [1.807, 2.05) is 6.07 Å². The van der Waals surface area contributed by atoms with Gasteiger partial charge in [-0.2, -0.15) is 10.4 Å². The van der Waals surface area contributed by atoms with E-state index in [-0.39, 0.29) is 10.6 Å². The minimum Gasteiger partial charge on any atom is -0.320 e. The van der Waals surface area contributed by atoms with Gasteiger partial charge in [0.2, 0.25) is 0 Å². The molecule has 1 heterocycles. The summed E-state index contributed by atoms with van der Waals surface area (Å²) < 4.78 is 1.62. The average Bonchev–Trinajstić information content (AvgIpc) is 2.97. The summed E-state index contributed by atoms with van der Waals surface area (Å²) in [6, 6.07) is 6.70. The number of benzene rings is 1. The Morgan fingerprint density at radius 2 is 2.22 bits per heavy atom. The van der Waals surface area contributed by atoms with Crippen LogP contribution >= 0.6 is 34.8 Å². The number of nitrogens with zero attached hydrogens (tertiary/aromatic N) is 3. The largest absolute Gasteiger partial charge is 0.320 e. The zero-order chi connectivity index (χ0) is 16.8. The highest BCUT2D eigenvalue weighted by Crippen LogP contribution is 2.29. The van der Waals surface area contributed by atoms with E-state index in [4.69, 9.17) is 34.8 Å². The van der Waals surface area contributed by atoms with Gasteiger partial charge in [-0.3, -0.25) is 9.48 Å². The van der Waals surface area contributed by atoms with Gasteiger partial charge in [-0.15, -0.1) is 11.6 Å². The van der Waals surface area contributed by atoms with E-state index >= 15 is 0 Å². The number of carbonyl (C=O) groups excluding carboxylic acids is 1. The first-order valence-corrected chi connectivity index (χ1v) is 7.79. The van der Waals surface area contributed by atoms with Crippen LogP contribution in [-0.2, 0) is 11.3 Å². The molecule has 0 atom stereocenters. The van der Waals surface area contributed by atoms with Crippen LogP contribution < -0.4 is 5.32 Å². The molecule has 2 aromatic rings. The van der Waals surface area contributed by atoms with Gasteiger partial charge >= 0.3 is 0 Å². The summed E-state index contributed by atoms with van der Waals surface area (Å²) in [5.74, 6) is -0.161. The van der Waals surface area contributed by atoms with Crippen molar-refractivity contribution in [2.24, 2.45) is 0 Å². The summed E-state index contributed by atoms with van der Waals surface area (Å²) in [6.45, 7) is 0.543. The van der Waals surface area contributed by atoms with Crippen LogP contribution in [0.1, 0.15) is 5.56 Å². The number of anilines is 1. The lowest BCUT2D eigenvalue weighted by Gasteiger charge is -2.07. The van der Waals surface area contributed by atoms with Crippen LogP contribution in [-0.4, -0.2) is 21.6 Å². The highest BCUT2D eigenvalue weighted by molar-refractivity contribution is 6.44. The van der Waals surface area contributed by atoms with Crippen LogP contribution in [0, 0.1) is 11.3 Å². The van der Waals surface area contributed by atoms with E-state index in [1.165, 1.54) is 6.08 Å². The van der Waals surface area contributed by atoms with Crippen LogP contribution in [0.2, 0.25) is 10.0 Å². The van der Waals surface area contributed by atoms with Crippen LogP contribution in [0.25, 0.3) is 6.08 Å². The molecule has 0 saturated heterocycles. The van der Waals surface area contributed by atoms with Gasteiger partial charge in [0.15, 0.2) is 0 Å². The molecule has 1 N–H and O–H groups in total. The number of nitriles is 1. The first-order valence-electron chi connectivity index (χ1n) is 6.50. The van der Waals surface area contributed by atoms with Gasteiger partial charge in [-0.05, 0) is 18.2 Å². The fourth-order valence-electron chi connectivity index (χ4n) is 1.77. The number of aryl methyl sites for hydroxylation is 1. The standard InChI is InChI=1S/C15H11Cl3N4O/c16-4-5-22-9-10(8-20-22)6-11(7-19)15(23)21-13-3-1-2-12(17)14(13)18/h1-3,6,8-9H,4-5H2,(H,21,23)/b11-6-. The Labute approximate surface area is 148 Å². The fourth-order valence-corrected chi connectivity index (χ4v) is 2.29. The molecule has 0 bridgehead atoms. The number of rotatable bonds is 5. The minimum absolute atomic E-state index is 0.0773. The number of hydrogen-bond donors (Lipinski definition) is 1. The highest BCUT2D eigenvalue weighted by Gasteiger charge is 2.13. The maximum Gasteiger partial charge on any atom is 0.266 e. The van der Waals surface area contributed by atoms with Gasteiger partial charge in [0.25, 0.3) is 5.91 Å². The lowest BCUT2D eigenvalue weighted by molar-refractivity contribution is -0.112. The van der Waals surface area contributed by atoms with Crippen molar-refractivity contribution in [1.82, 2.24) is 9.78 Å². The van der Waals surface area contributed by atoms with Gasteiger partial charge < -0.3 is 5.32 Å². The zero-order valence-corrected chi connectivity index (χ0v) is 14.0. The second-order valence-electron chi connectivity index (χ2n) is 4.45. The molecule has 8 heteroatoms. The zero-order valence-electron chi connectivity index (χ0n) is 11.8. The van der Waals surface area contributed by atoms with Gasteiger partial charge in [-0.25, -0.2) is 0 Å². The third kappa shape index (κ3) is 4.49. The van der Waals surface area contributed by atoms with E-state index < -0.39 is 5.91 Å². The Morgan fingerprint density at radius 3 is 2.91 bits per heavy atom. The molecular formula is C15H11Cl3N4O. The van der Waals surface area contributed by atoms with Crippen molar-refractivity contribution in [3.05, 3.63) is 51.8 Å². The van der Waals surface area contributed by atoms with Crippen molar-refractivity contribution in [3.8, 4) is 6.07 Å². The molecule has 0 aliphatic rings. The first kappa shape index (κ1) is 17.4. The number of amides is 1. The summed E-state index contributed by atoms with van der Waals surface area (Å²) in [5, 5.41) is 16.3. The second-order valence-corrected chi connectivity index (χ2v) is 5.61. The molecule has 0 unspecified atom stereocenters. The number of hydrogen-bond acceptors (Lipinski definition) is 3. The Morgan fingerprint density at radius 1 is 1.43 bits per heavy atom.